The number of nitrogens with one attached hydrogen (secondary N) is 1. The van der Waals surface area contributed by atoms with Crippen LogP contribution in [0, 0.1) is 13.8 Å². The van der Waals surface area contributed by atoms with E-state index in [0.717, 1.165) is 11.8 Å². The van der Waals surface area contributed by atoms with Gasteiger partial charge >= 0.3 is 0 Å². The summed E-state index contributed by atoms with van der Waals surface area (Å²) >= 11 is 0.960. The maximum atomic E-state index is 11.3. The van der Waals surface area contributed by atoms with Crippen molar-refractivity contribution in [3.63, 3.8) is 0 Å². The zero-order valence-electron chi connectivity index (χ0n) is 8.66. The van der Waals surface area contributed by atoms with Gasteiger partial charge < -0.3 is 14.9 Å². The molecule has 15 heavy (non-hydrogen) atoms. The third-order valence-corrected chi connectivity index (χ3v) is 2.96. The van der Waals surface area contributed by atoms with Gasteiger partial charge in [-0.15, -0.1) is 0 Å². The van der Waals surface area contributed by atoms with E-state index in [4.69, 9.17) is 0 Å². The fraction of sp³-hybridized carbons (Fsp3) is 0.444. The lowest BCUT2D eigenvalue weighted by molar-refractivity contribution is -0.304. The summed E-state index contributed by atoms with van der Waals surface area (Å²) in [5.41, 5.74) is 0.905. The molecule has 0 aromatic carbocycles. The molecule has 1 rings (SSSR count). The van der Waals surface area contributed by atoms with Gasteiger partial charge in [0.25, 0.3) is 5.56 Å². The Morgan fingerprint density at radius 2 is 2.13 bits per heavy atom. The molecule has 0 spiro atoms. The molecule has 82 valence electrons. The van der Waals surface area contributed by atoms with E-state index in [2.05, 4.69) is 9.97 Å². The Kier molecular flexibility index (Phi) is 3.52. The molecule has 0 aliphatic carbocycles. The second-order valence-corrected chi connectivity index (χ2v) is 4.49. The monoisotopic (exact) mass is 227 g/mol. The number of H-pyrrole nitrogens is 1. The van der Waals surface area contributed by atoms with Gasteiger partial charge in [0.2, 0.25) is 0 Å². The van der Waals surface area contributed by atoms with Gasteiger partial charge in [-0.2, -0.15) is 0 Å². The van der Waals surface area contributed by atoms with Crippen molar-refractivity contribution in [3.05, 3.63) is 21.6 Å². The van der Waals surface area contributed by atoms with Crippen LogP contribution >= 0.6 is 11.8 Å². The maximum absolute atomic E-state index is 11.3. The van der Waals surface area contributed by atoms with Crippen LogP contribution in [0.1, 0.15) is 18.2 Å². The number of rotatable bonds is 3. The van der Waals surface area contributed by atoms with Crippen molar-refractivity contribution in [2.24, 2.45) is 0 Å². The summed E-state index contributed by atoms with van der Waals surface area (Å²) in [6.45, 7) is 4.85. The van der Waals surface area contributed by atoms with Crippen molar-refractivity contribution >= 4 is 17.7 Å². The molecule has 0 fully saturated rings. The topological polar surface area (TPSA) is 85.9 Å². The second kappa shape index (κ2) is 4.48. The molecule has 0 radical (unpaired) electrons. The number of carbonyl (C=O) groups is 1. The average molecular weight is 227 g/mol. The van der Waals surface area contributed by atoms with Crippen LogP contribution in [0.4, 0.5) is 0 Å². The van der Waals surface area contributed by atoms with E-state index in [9.17, 15) is 14.7 Å². The summed E-state index contributed by atoms with van der Waals surface area (Å²) in [5, 5.41) is 10.1. The summed E-state index contributed by atoms with van der Waals surface area (Å²) in [6, 6.07) is 0. The molecule has 0 bridgehead atoms. The fourth-order valence-corrected chi connectivity index (χ4v) is 1.66. The highest BCUT2D eigenvalue weighted by atomic mass is 32.2. The van der Waals surface area contributed by atoms with Crippen molar-refractivity contribution in [2.45, 2.75) is 31.2 Å². The summed E-state index contributed by atoms with van der Waals surface area (Å²) in [5.74, 6) is -1.18. The van der Waals surface area contributed by atoms with Crippen LogP contribution < -0.4 is 10.7 Å². The number of aliphatic carboxylic acids is 1. The Labute approximate surface area is 90.9 Å². The van der Waals surface area contributed by atoms with E-state index < -0.39 is 11.2 Å². The van der Waals surface area contributed by atoms with Crippen molar-refractivity contribution in [2.75, 3.05) is 0 Å². The quantitative estimate of drug-likeness (QED) is 0.562. The Morgan fingerprint density at radius 3 is 2.60 bits per heavy atom. The summed E-state index contributed by atoms with van der Waals surface area (Å²) in [6.07, 6.45) is 0. The first kappa shape index (κ1) is 11.8. The number of hydrogen-bond acceptors (Lipinski definition) is 5. The van der Waals surface area contributed by atoms with Crippen LogP contribution in [0.3, 0.4) is 0 Å². The Balaban J connectivity index is 2.98. The molecule has 1 aromatic heterocycles. The molecular formula is C9H11N2O3S-. The van der Waals surface area contributed by atoms with Crippen molar-refractivity contribution in [1.29, 1.82) is 0 Å². The number of nitrogens with zero attached hydrogens (tertiary/aromatic N) is 1. The van der Waals surface area contributed by atoms with Gasteiger partial charge in [-0.05, 0) is 20.8 Å². The van der Waals surface area contributed by atoms with Crippen LogP contribution in [0.25, 0.3) is 0 Å². The molecule has 0 saturated heterocycles. The second-order valence-electron chi connectivity index (χ2n) is 3.16. The van der Waals surface area contributed by atoms with Crippen molar-refractivity contribution in [3.8, 4) is 0 Å². The fourth-order valence-electron chi connectivity index (χ4n) is 0.891. The molecule has 1 atom stereocenters. The SMILES string of the molecule is Cc1nc(S[C@@H](C)C(=O)[O-])[nH]c(=O)c1C. The van der Waals surface area contributed by atoms with Gasteiger partial charge in [-0.1, -0.05) is 11.8 Å². The number of carboxylic acids is 1. The molecule has 1 heterocycles. The van der Waals surface area contributed by atoms with Crippen LogP contribution in [0.2, 0.25) is 0 Å². The predicted molar refractivity (Wildman–Crippen MR) is 54.7 cm³/mol. The number of aromatic nitrogens is 2. The minimum atomic E-state index is -1.18. The van der Waals surface area contributed by atoms with Gasteiger partial charge in [-0.25, -0.2) is 4.98 Å². The zero-order valence-corrected chi connectivity index (χ0v) is 9.47. The van der Waals surface area contributed by atoms with E-state index in [0.29, 0.717) is 16.4 Å². The van der Waals surface area contributed by atoms with Gasteiger partial charge in [-0.3, -0.25) is 4.79 Å². The van der Waals surface area contributed by atoms with Gasteiger partial charge in [0, 0.05) is 16.5 Å². The molecular weight excluding hydrogens is 216 g/mol. The third-order valence-electron chi connectivity index (χ3n) is 1.99. The largest absolute Gasteiger partial charge is 0.549 e. The van der Waals surface area contributed by atoms with E-state index in [1.54, 1.807) is 13.8 Å². The van der Waals surface area contributed by atoms with Gasteiger partial charge in [0.1, 0.15) is 0 Å². The zero-order chi connectivity index (χ0) is 11.6. The van der Waals surface area contributed by atoms with Crippen molar-refractivity contribution < 1.29 is 9.90 Å². The lowest BCUT2D eigenvalue weighted by Gasteiger charge is -2.11. The minimum absolute atomic E-state index is 0.240. The first-order valence-electron chi connectivity index (χ1n) is 4.37. The number of aromatic amines is 1. The molecule has 0 amide bonds. The Morgan fingerprint density at radius 1 is 1.53 bits per heavy atom. The normalized spacial score (nSPS) is 12.5. The minimum Gasteiger partial charge on any atom is -0.549 e. The smallest absolute Gasteiger partial charge is 0.254 e. The van der Waals surface area contributed by atoms with E-state index >= 15 is 0 Å². The molecule has 0 aliphatic heterocycles. The van der Waals surface area contributed by atoms with Crippen molar-refractivity contribution in [1.82, 2.24) is 9.97 Å². The lowest BCUT2D eigenvalue weighted by atomic mass is 10.3. The molecule has 1 N–H and O–H groups in total. The number of hydrogen-bond donors (Lipinski definition) is 1. The Hall–Kier alpha value is -1.30. The number of carbonyl (C=O) groups excluding carboxylic acids is 1. The lowest BCUT2D eigenvalue weighted by Crippen LogP contribution is -2.31. The summed E-state index contributed by atoms with van der Waals surface area (Å²) in [7, 11) is 0. The summed E-state index contributed by atoms with van der Waals surface area (Å²) < 4.78 is 0. The Bertz CT molecular complexity index is 441. The number of aryl methyl sites for hydroxylation is 1. The number of thioether (sulfide) groups is 1. The molecule has 0 aliphatic rings. The van der Waals surface area contributed by atoms with Crippen LogP contribution in [-0.2, 0) is 4.79 Å². The van der Waals surface area contributed by atoms with Crippen LogP contribution in [0.5, 0.6) is 0 Å². The predicted octanol–water partition coefficient (Wildman–Crippen LogP) is -0.383. The molecule has 5 nitrogen and oxygen atoms in total. The van der Waals surface area contributed by atoms with Crippen LogP contribution in [0.15, 0.2) is 9.95 Å². The van der Waals surface area contributed by atoms with E-state index in [1.807, 2.05) is 0 Å². The standard InChI is InChI=1S/C9H12N2O3S/c1-4-5(2)10-9(11-7(4)12)15-6(3)8(13)14/h6H,1-3H3,(H,13,14)(H,10,11,12)/p-1/t6-/m0/s1. The highest BCUT2D eigenvalue weighted by Crippen LogP contribution is 2.17. The summed E-state index contributed by atoms with van der Waals surface area (Å²) in [4.78, 5) is 28.4. The number of carboxylic acid groups (broad SMARTS) is 1. The molecule has 0 saturated carbocycles. The highest BCUT2D eigenvalue weighted by Gasteiger charge is 2.09. The first-order chi connectivity index (χ1) is 6.91. The molecule has 6 heteroatoms. The van der Waals surface area contributed by atoms with E-state index in [1.165, 1.54) is 6.92 Å². The highest BCUT2D eigenvalue weighted by molar-refractivity contribution is 8.00. The van der Waals surface area contributed by atoms with Gasteiger partial charge in [0.15, 0.2) is 5.16 Å². The maximum Gasteiger partial charge on any atom is 0.254 e. The third kappa shape index (κ3) is 2.82. The van der Waals surface area contributed by atoms with E-state index in [-0.39, 0.29) is 5.56 Å². The molecule has 1 aromatic rings. The van der Waals surface area contributed by atoms with Gasteiger partial charge in [0.05, 0.1) is 5.97 Å². The van der Waals surface area contributed by atoms with Crippen LogP contribution in [-0.4, -0.2) is 21.2 Å². The average Bonchev–Trinajstić information content (AvgIpc) is 2.13. The molecule has 0 unspecified atom stereocenters. The first-order valence-corrected chi connectivity index (χ1v) is 5.25.